The summed E-state index contributed by atoms with van der Waals surface area (Å²) in [5.74, 6) is 0.976. The Hall–Kier alpha value is -0.140. The Kier molecular flexibility index (Phi) is 8.87. The number of halogens is 2. The lowest BCUT2D eigenvalue weighted by Crippen LogP contribution is -2.06. The van der Waals surface area contributed by atoms with E-state index < -0.39 is 12.3 Å². The van der Waals surface area contributed by atoms with Crippen LogP contribution in [0.25, 0.3) is 0 Å². The van der Waals surface area contributed by atoms with Crippen LogP contribution < -0.4 is 0 Å². The minimum absolute atomic E-state index is 0.444. The van der Waals surface area contributed by atoms with E-state index in [9.17, 15) is 8.78 Å². The van der Waals surface area contributed by atoms with Gasteiger partial charge in [-0.25, -0.2) is 8.78 Å². The lowest BCUT2D eigenvalue weighted by molar-refractivity contribution is 0.251. The van der Waals surface area contributed by atoms with E-state index in [1.54, 1.807) is 6.92 Å². The number of hydrogen-bond donors (Lipinski definition) is 0. The van der Waals surface area contributed by atoms with Gasteiger partial charge in [-0.15, -0.1) is 0 Å². The van der Waals surface area contributed by atoms with Gasteiger partial charge in [0.2, 0.25) is 0 Å². The van der Waals surface area contributed by atoms with Crippen molar-refractivity contribution < 1.29 is 8.78 Å². The van der Waals surface area contributed by atoms with Crippen LogP contribution in [0, 0.1) is 11.8 Å². The molecule has 0 amide bonds. The monoisotopic (exact) mass is 234 g/mol. The molecule has 0 fully saturated rings. The average Bonchev–Trinajstić information content (AvgIpc) is 2.13. The quantitative estimate of drug-likeness (QED) is 0.507. The van der Waals surface area contributed by atoms with Gasteiger partial charge in [-0.2, -0.15) is 0 Å². The van der Waals surface area contributed by atoms with Crippen molar-refractivity contribution in [2.45, 2.75) is 78.6 Å². The second-order valence-corrected chi connectivity index (χ2v) is 5.62. The van der Waals surface area contributed by atoms with Crippen LogP contribution in [0.4, 0.5) is 8.78 Å². The van der Waals surface area contributed by atoms with Crippen molar-refractivity contribution in [1.29, 1.82) is 0 Å². The van der Waals surface area contributed by atoms with E-state index in [0.717, 1.165) is 19.3 Å². The van der Waals surface area contributed by atoms with Gasteiger partial charge < -0.3 is 0 Å². The molecule has 98 valence electrons. The second-order valence-electron chi connectivity index (χ2n) is 5.62. The number of hydrogen-bond acceptors (Lipinski definition) is 0. The van der Waals surface area contributed by atoms with E-state index in [1.807, 2.05) is 0 Å². The van der Waals surface area contributed by atoms with Gasteiger partial charge in [0.1, 0.15) is 6.17 Å². The normalized spacial score (nSPS) is 17.4. The maximum absolute atomic E-state index is 13.4. The summed E-state index contributed by atoms with van der Waals surface area (Å²) in [5.41, 5.74) is 0. The van der Waals surface area contributed by atoms with E-state index in [0.29, 0.717) is 31.1 Å². The fourth-order valence-electron chi connectivity index (χ4n) is 1.98. The molecule has 0 bridgehead atoms. The maximum Gasteiger partial charge on any atom is 0.100 e. The second kappa shape index (κ2) is 8.95. The van der Waals surface area contributed by atoms with Crippen molar-refractivity contribution in [1.82, 2.24) is 0 Å². The molecule has 0 spiro atoms. The van der Waals surface area contributed by atoms with Crippen molar-refractivity contribution in [3.63, 3.8) is 0 Å². The molecule has 3 atom stereocenters. The van der Waals surface area contributed by atoms with Crippen LogP contribution in [0.2, 0.25) is 0 Å². The van der Waals surface area contributed by atoms with E-state index in [1.165, 1.54) is 0 Å². The third-order valence-electron chi connectivity index (χ3n) is 3.00. The standard InChI is InChI=1S/C14H28F2/c1-11(2)10-14(16)7-5-6-12(3)8-9-13(4)15/h11-14H,5-10H2,1-4H3. The summed E-state index contributed by atoms with van der Waals surface area (Å²) in [6, 6.07) is 0. The fraction of sp³-hybridized carbons (Fsp3) is 1.00. The highest BCUT2D eigenvalue weighted by atomic mass is 19.1. The van der Waals surface area contributed by atoms with Crippen molar-refractivity contribution in [2.24, 2.45) is 11.8 Å². The fourth-order valence-corrected chi connectivity index (χ4v) is 1.98. The molecule has 0 aromatic rings. The first-order chi connectivity index (χ1) is 7.41. The molecule has 0 aromatic carbocycles. The van der Waals surface area contributed by atoms with Crippen molar-refractivity contribution in [2.75, 3.05) is 0 Å². The Morgan fingerprint density at radius 1 is 0.812 bits per heavy atom. The molecule has 0 aliphatic heterocycles. The molecule has 0 heterocycles. The topological polar surface area (TPSA) is 0 Å². The van der Waals surface area contributed by atoms with E-state index in [-0.39, 0.29) is 0 Å². The summed E-state index contributed by atoms with van der Waals surface area (Å²) >= 11 is 0. The maximum atomic E-state index is 13.4. The van der Waals surface area contributed by atoms with Crippen LogP contribution in [-0.2, 0) is 0 Å². The number of rotatable bonds is 9. The van der Waals surface area contributed by atoms with Crippen molar-refractivity contribution >= 4 is 0 Å². The van der Waals surface area contributed by atoms with Crippen molar-refractivity contribution in [3.8, 4) is 0 Å². The van der Waals surface area contributed by atoms with Gasteiger partial charge in [-0.1, -0.05) is 33.6 Å². The summed E-state index contributed by atoms with van der Waals surface area (Å²) in [5, 5.41) is 0. The highest BCUT2D eigenvalue weighted by Crippen LogP contribution is 2.19. The first-order valence-electron chi connectivity index (χ1n) is 6.70. The van der Waals surface area contributed by atoms with Crippen LogP contribution in [0.15, 0.2) is 0 Å². The van der Waals surface area contributed by atoms with Crippen LogP contribution in [0.1, 0.15) is 66.2 Å². The molecular formula is C14H28F2. The molecule has 2 heteroatoms. The molecule has 0 rings (SSSR count). The van der Waals surface area contributed by atoms with Gasteiger partial charge in [-0.3, -0.25) is 0 Å². The van der Waals surface area contributed by atoms with Gasteiger partial charge in [0.05, 0.1) is 6.17 Å². The average molecular weight is 234 g/mol. The summed E-state index contributed by atoms with van der Waals surface area (Å²) in [6.07, 6.45) is 3.56. The van der Waals surface area contributed by atoms with Crippen LogP contribution in [0.3, 0.4) is 0 Å². The molecule has 0 saturated heterocycles. The molecule has 0 aromatic heterocycles. The van der Waals surface area contributed by atoms with E-state index >= 15 is 0 Å². The Labute approximate surface area is 99.8 Å². The predicted octanol–water partition coefficient (Wildman–Crippen LogP) is 5.32. The van der Waals surface area contributed by atoms with Crippen LogP contribution >= 0.6 is 0 Å². The summed E-state index contributed by atoms with van der Waals surface area (Å²) < 4.78 is 26.0. The zero-order valence-corrected chi connectivity index (χ0v) is 11.3. The largest absolute Gasteiger partial charge is 0.248 e. The minimum Gasteiger partial charge on any atom is -0.248 e. The Balaban J connectivity index is 3.42. The molecule has 0 nitrogen and oxygen atoms in total. The first kappa shape index (κ1) is 15.9. The highest BCUT2D eigenvalue weighted by molar-refractivity contribution is 4.62. The van der Waals surface area contributed by atoms with Gasteiger partial charge in [-0.05, 0) is 44.4 Å². The summed E-state index contributed by atoms with van der Waals surface area (Å²) in [6.45, 7) is 7.85. The molecule has 16 heavy (non-hydrogen) atoms. The smallest absolute Gasteiger partial charge is 0.100 e. The third-order valence-corrected chi connectivity index (χ3v) is 3.00. The SMILES string of the molecule is CC(C)CC(F)CCCC(C)CCC(C)F. The lowest BCUT2D eigenvalue weighted by Gasteiger charge is -2.14. The highest BCUT2D eigenvalue weighted by Gasteiger charge is 2.10. The van der Waals surface area contributed by atoms with Gasteiger partial charge in [0, 0.05) is 0 Å². The van der Waals surface area contributed by atoms with Gasteiger partial charge >= 0.3 is 0 Å². The molecular weight excluding hydrogens is 206 g/mol. The summed E-state index contributed by atoms with van der Waals surface area (Å²) in [4.78, 5) is 0. The predicted molar refractivity (Wildman–Crippen MR) is 67.2 cm³/mol. The Bertz CT molecular complexity index is 155. The van der Waals surface area contributed by atoms with Gasteiger partial charge in [0.15, 0.2) is 0 Å². The van der Waals surface area contributed by atoms with Crippen LogP contribution in [-0.4, -0.2) is 12.3 Å². The summed E-state index contributed by atoms with van der Waals surface area (Å²) in [7, 11) is 0. The lowest BCUT2D eigenvalue weighted by atomic mass is 9.95. The molecule has 0 saturated carbocycles. The Morgan fingerprint density at radius 3 is 1.94 bits per heavy atom. The van der Waals surface area contributed by atoms with Gasteiger partial charge in [0.25, 0.3) is 0 Å². The van der Waals surface area contributed by atoms with E-state index in [4.69, 9.17) is 0 Å². The first-order valence-corrected chi connectivity index (χ1v) is 6.70. The molecule has 0 radical (unpaired) electrons. The molecule has 0 N–H and O–H groups in total. The molecule has 0 aliphatic carbocycles. The number of alkyl halides is 2. The zero-order valence-electron chi connectivity index (χ0n) is 11.3. The molecule has 3 unspecified atom stereocenters. The zero-order chi connectivity index (χ0) is 12.6. The minimum atomic E-state index is -0.697. The third kappa shape index (κ3) is 10.4. The van der Waals surface area contributed by atoms with E-state index in [2.05, 4.69) is 20.8 Å². The Morgan fingerprint density at radius 2 is 1.44 bits per heavy atom. The van der Waals surface area contributed by atoms with Crippen molar-refractivity contribution in [3.05, 3.63) is 0 Å². The molecule has 0 aliphatic rings. The van der Waals surface area contributed by atoms with Crippen LogP contribution in [0.5, 0.6) is 0 Å².